The second-order valence-corrected chi connectivity index (χ2v) is 5.31. The van der Waals surface area contributed by atoms with Gasteiger partial charge < -0.3 is 5.73 Å². The summed E-state index contributed by atoms with van der Waals surface area (Å²) in [6.45, 7) is 1.89. The molecule has 0 bridgehead atoms. The van der Waals surface area contributed by atoms with Gasteiger partial charge in [0.05, 0.1) is 10.7 Å². The number of hydrogen-bond donors (Lipinski definition) is 2. The van der Waals surface area contributed by atoms with Gasteiger partial charge in [-0.25, -0.2) is 9.37 Å². The van der Waals surface area contributed by atoms with Crippen LogP contribution in [0.2, 0.25) is 0 Å². The molecular weight excluding hydrogens is 319 g/mol. The number of hydrazone groups is 1. The molecule has 1 aromatic heterocycles. The van der Waals surface area contributed by atoms with Crippen LogP contribution in [0, 0.1) is 12.7 Å². The summed E-state index contributed by atoms with van der Waals surface area (Å²) < 4.78 is 14.1. The average molecular weight is 329 g/mol. The van der Waals surface area contributed by atoms with Crippen LogP contribution in [0.4, 0.5) is 15.3 Å². The molecule has 4 nitrogen and oxygen atoms in total. The van der Waals surface area contributed by atoms with E-state index in [2.05, 4.69) is 31.4 Å². The first kappa shape index (κ1) is 13.0. The molecule has 0 radical (unpaired) electrons. The molecule has 94 valence electrons. The number of hydrogen-bond acceptors (Lipinski definition) is 5. The van der Waals surface area contributed by atoms with E-state index < -0.39 is 0 Å². The normalized spacial score (nSPS) is 11.1. The second kappa shape index (κ2) is 5.45. The summed E-state index contributed by atoms with van der Waals surface area (Å²) in [5.74, 6) is 0.0898. The third kappa shape index (κ3) is 3.05. The van der Waals surface area contributed by atoms with Gasteiger partial charge in [-0.15, -0.1) is 11.3 Å². The Labute approximate surface area is 116 Å². The number of nitrogens with two attached hydrogens (primary N) is 1. The van der Waals surface area contributed by atoms with Crippen molar-refractivity contribution in [2.24, 2.45) is 5.10 Å². The van der Waals surface area contributed by atoms with Gasteiger partial charge in [-0.3, -0.25) is 5.43 Å². The Morgan fingerprint density at radius 3 is 3.00 bits per heavy atom. The number of aryl methyl sites for hydroxylation is 1. The Balaban J connectivity index is 2.14. The lowest BCUT2D eigenvalue weighted by Crippen LogP contribution is -1.95. The largest absolute Gasteiger partial charge is 0.383 e. The summed E-state index contributed by atoms with van der Waals surface area (Å²) in [5, 5.41) is 6.19. The SMILES string of the molecule is Cc1cc(Br)c(F)c(C=NNc2nc(N)cs2)c1. The van der Waals surface area contributed by atoms with Gasteiger partial charge in [-0.2, -0.15) is 5.10 Å². The topological polar surface area (TPSA) is 63.3 Å². The average Bonchev–Trinajstić information content (AvgIpc) is 2.71. The van der Waals surface area contributed by atoms with Crippen LogP contribution in [0.3, 0.4) is 0 Å². The standard InChI is InChI=1S/C11H10BrFN4S/c1-6-2-7(10(13)8(12)3-6)4-15-17-11-16-9(14)5-18-11/h2-5H,14H2,1H3,(H,16,17). The van der Waals surface area contributed by atoms with Crippen molar-refractivity contribution in [1.29, 1.82) is 0 Å². The molecule has 0 aliphatic carbocycles. The van der Waals surface area contributed by atoms with Crippen molar-refractivity contribution in [3.63, 3.8) is 0 Å². The summed E-state index contributed by atoms with van der Waals surface area (Å²) in [4.78, 5) is 3.97. The molecule has 1 heterocycles. The smallest absolute Gasteiger partial charge is 0.205 e. The van der Waals surface area contributed by atoms with Crippen molar-refractivity contribution in [2.75, 3.05) is 11.2 Å². The maximum absolute atomic E-state index is 13.7. The van der Waals surface area contributed by atoms with Gasteiger partial charge >= 0.3 is 0 Å². The van der Waals surface area contributed by atoms with Crippen LogP contribution in [0.25, 0.3) is 0 Å². The Hall–Kier alpha value is -1.47. The molecule has 0 atom stereocenters. The van der Waals surface area contributed by atoms with Crippen molar-refractivity contribution in [2.45, 2.75) is 6.92 Å². The number of rotatable bonds is 3. The number of benzene rings is 1. The Kier molecular flexibility index (Phi) is 3.93. The van der Waals surface area contributed by atoms with Gasteiger partial charge in [0.2, 0.25) is 5.13 Å². The van der Waals surface area contributed by atoms with Crippen LogP contribution >= 0.6 is 27.3 Å². The number of anilines is 2. The lowest BCUT2D eigenvalue weighted by molar-refractivity contribution is 0.618. The van der Waals surface area contributed by atoms with Crippen molar-refractivity contribution in [3.05, 3.63) is 38.9 Å². The van der Waals surface area contributed by atoms with E-state index in [1.165, 1.54) is 17.6 Å². The fourth-order valence-electron chi connectivity index (χ4n) is 1.34. The van der Waals surface area contributed by atoms with Crippen molar-refractivity contribution < 1.29 is 4.39 Å². The molecule has 1 aromatic carbocycles. The van der Waals surface area contributed by atoms with E-state index in [4.69, 9.17) is 5.73 Å². The minimum Gasteiger partial charge on any atom is -0.383 e. The molecule has 0 saturated carbocycles. The van der Waals surface area contributed by atoms with Gasteiger partial charge in [-0.05, 0) is 40.5 Å². The zero-order valence-electron chi connectivity index (χ0n) is 9.45. The number of halogens is 2. The quantitative estimate of drug-likeness (QED) is 0.670. The highest BCUT2D eigenvalue weighted by Crippen LogP contribution is 2.20. The van der Waals surface area contributed by atoms with E-state index in [-0.39, 0.29) is 5.82 Å². The van der Waals surface area contributed by atoms with Gasteiger partial charge in [0.15, 0.2) is 0 Å². The van der Waals surface area contributed by atoms with E-state index in [9.17, 15) is 4.39 Å². The molecule has 3 N–H and O–H groups in total. The first-order valence-electron chi connectivity index (χ1n) is 5.02. The van der Waals surface area contributed by atoms with E-state index >= 15 is 0 Å². The van der Waals surface area contributed by atoms with Crippen molar-refractivity contribution in [3.8, 4) is 0 Å². The molecule has 18 heavy (non-hydrogen) atoms. The van der Waals surface area contributed by atoms with Crippen LogP contribution in [-0.2, 0) is 0 Å². The minimum absolute atomic E-state index is 0.343. The van der Waals surface area contributed by atoms with Gasteiger partial charge in [0.25, 0.3) is 0 Å². The molecular formula is C11H10BrFN4S. The predicted octanol–water partition coefficient (Wildman–Crippen LogP) is 3.38. The van der Waals surface area contributed by atoms with Crippen LogP contribution in [0.5, 0.6) is 0 Å². The van der Waals surface area contributed by atoms with Gasteiger partial charge in [-0.1, -0.05) is 0 Å². The van der Waals surface area contributed by atoms with Gasteiger partial charge in [0.1, 0.15) is 11.6 Å². The zero-order valence-corrected chi connectivity index (χ0v) is 11.8. The van der Waals surface area contributed by atoms with E-state index in [1.807, 2.05) is 6.92 Å². The maximum Gasteiger partial charge on any atom is 0.205 e. The summed E-state index contributed by atoms with van der Waals surface area (Å²) >= 11 is 4.48. The Morgan fingerprint density at radius 1 is 1.56 bits per heavy atom. The number of aromatic nitrogens is 1. The Morgan fingerprint density at radius 2 is 2.33 bits per heavy atom. The minimum atomic E-state index is -0.343. The van der Waals surface area contributed by atoms with Gasteiger partial charge in [0, 0.05) is 10.9 Å². The number of nitrogen functional groups attached to an aromatic ring is 1. The van der Waals surface area contributed by atoms with Crippen molar-refractivity contribution >= 4 is 44.4 Å². The molecule has 0 aliphatic heterocycles. The summed E-state index contributed by atoms with van der Waals surface area (Å²) in [7, 11) is 0. The molecule has 0 aliphatic rings. The highest BCUT2D eigenvalue weighted by molar-refractivity contribution is 9.10. The monoisotopic (exact) mass is 328 g/mol. The molecule has 0 saturated heterocycles. The maximum atomic E-state index is 13.7. The molecule has 0 amide bonds. The third-order valence-electron chi connectivity index (χ3n) is 2.09. The van der Waals surface area contributed by atoms with E-state index in [0.717, 1.165) is 5.56 Å². The summed E-state index contributed by atoms with van der Waals surface area (Å²) in [6.07, 6.45) is 1.41. The Bertz CT molecular complexity index is 597. The summed E-state index contributed by atoms with van der Waals surface area (Å²) in [5.41, 5.74) is 9.51. The number of thiazole rings is 1. The lowest BCUT2D eigenvalue weighted by atomic mass is 10.1. The van der Waals surface area contributed by atoms with Crippen LogP contribution in [0.1, 0.15) is 11.1 Å². The van der Waals surface area contributed by atoms with E-state index in [1.54, 1.807) is 17.5 Å². The van der Waals surface area contributed by atoms with Crippen LogP contribution in [0.15, 0.2) is 27.1 Å². The number of nitrogens with one attached hydrogen (secondary N) is 1. The highest BCUT2D eigenvalue weighted by Gasteiger charge is 2.05. The highest BCUT2D eigenvalue weighted by atomic mass is 79.9. The molecule has 2 aromatic rings. The lowest BCUT2D eigenvalue weighted by Gasteiger charge is -2.01. The molecule has 0 unspecified atom stereocenters. The summed E-state index contributed by atoms with van der Waals surface area (Å²) in [6, 6.07) is 3.42. The van der Waals surface area contributed by atoms with E-state index in [0.29, 0.717) is 21.0 Å². The van der Waals surface area contributed by atoms with Crippen LogP contribution < -0.4 is 11.2 Å². The molecule has 0 fully saturated rings. The van der Waals surface area contributed by atoms with Crippen LogP contribution in [-0.4, -0.2) is 11.2 Å². The second-order valence-electron chi connectivity index (χ2n) is 3.60. The van der Waals surface area contributed by atoms with Crippen molar-refractivity contribution in [1.82, 2.24) is 4.98 Å². The third-order valence-corrected chi connectivity index (χ3v) is 3.43. The predicted molar refractivity (Wildman–Crippen MR) is 76.6 cm³/mol. The zero-order chi connectivity index (χ0) is 13.1. The number of nitrogens with zero attached hydrogens (tertiary/aromatic N) is 2. The molecule has 2 rings (SSSR count). The first-order valence-corrected chi connectivity index (χ1v) is 6.69. The molecule has 0 spiro atoms. The molecule has 7 heteroatoms. The fraction of sp³-hybridized carbons (Fsp3) is 0.0909. The first-order chi connectivity index (χ1) is 8.56. The fourth-order valence-corrected chi connectivity index (χ4v) is 2.48.